The number of carbonyl (C=O) groups is 1. The summed E-state index contributed by atoms with van der Waals surface area (Å²) < 4.78 is 0. The first-order chi connectivity index (χ1) is 7.22. The van der Waals surface area contributed by atoms with Crippen LogP contribution in [0.2, 0.25) is 0 Å². The molecule has 0 aliphatic heterocycles. The molecule has 15 heavy (non-hydrogen) atoms. The Hall–Kier alpha value is -0.570. The third kappa shape index (κ3) is 3.82. The molecule has 0 aromatic rings. The van der Waals surface area contributed by atoms with Gasteiger partial charge in [-0.2, -0.15) is 0 Å². The van der Waals surface area contributed by atoms with Crippen molar-refractivity contribution in [1.29, 1.82) is 0 Å². The standard InChI is InChI=1S/C12H24N2O/c1-4-7-10-8-11(10)13-9-12(15)14(5-2)6-3/h10-11,13H,4-9H2,1-3H3. The van der Waals surface area contributed by atoms with Crippen molar-refractivity contribution in [2.45, 2.75) is 46.1 Å². The summed E-state index contributed by atoms with van der Waals surface area (Å²) in [5, 5.41) is 3.35. The van der Waals surface area contributed by atoms with E-state index in [2.05, 4.69) is 12.2 Å². The van der Waals surface area contributed by atoms with E-state index < -0.39 is 0 Å². The minimum absolute atomic E-state index is 0.238. The molecule has 0 bridgehead atoms. The van der Waals surface area contributed by atoms with Crippen LogP contribution in [0.3, 0.4) is 0 Å². The highest BCUT2D eigenvalue weighted by Crippen LogP contribution is 2.34. The molecule has 1 fully saturated rings. The topological polar surface area (TPSA) is 32.3 Å². The van der Waals surface area contributed by atoms with Gasteiger partial charge in [-0.25, -0.2) is 0 Å². The maximum atomic E-state index is 11.7. The fourth-order valence-corrected chi connectivity index (χ4v) is 2.09. The summed E-state index contributed by atoms with van der Waals surface area (Å²) in [5.41, 5.74) is 0. The third-order valence-electron chi connectivity index (χ3n) is 3.21. The molecule has 1 saturated carbocycles. The number of amides is 1. The van der Waals surface area contributed by atoms with Gasteiger partial charge in [0.15, 0.2) is 0 Å². The minimum Gasteiger partial charge on any atom is -0.342 e. The Labute approximate surface area is 93.2 Å². The molecule has 2 atom stereocenters. The van der Waals surface area contributed by atoms with E-state index in [1.807, 2.05) is 18.7 Å². The summed E-state index contributed by atoms with van der Waals surface area (Å²) in [4.78, 5) is 13.5. The number of carbonyl (C=O) groups excluding carboxylic acids is 1. The summed E-state index contributed by atoms with van der Waals surface area (Å²) in [5.74, 6) is 1.07. The monoisotopic (exact) mass is 212 g/mol. The van der Waals surface area contributed by atoms with Crippen LogP contribution >= 0.6 is 0 Å². The van der Waals surface area contributed by atoms with Crippen molar-refractivity contribution in [1.82, 2.24) is 10.2 Å². The fourth-order valence-electron chi connectivity index (χ4n) is 2.09. The molecule has 3 nitrogen and oxygen atoms in total. The molecule has 1 aliphatic rings. The molecule has 1 rings (SSSR count). The van der Waals surface area contributed by atoms with Crippen LogP contribution in [-0.4, -0.2) is 36.5 Å². The number of hydrogen-bond donors (Lipinski definition) is 1. The second-order valence-electron chi connectivity index (χ2n) is 4.34. The highest BCUT2D eigenvalue weighted by molar-refractivity contribution is 5.78. The third-order valence-corrected chi connectivity index (χ3v) is 3.21. The first-order valence-electron chi connectivity index (χ1n) is 6.24. The van der Waals surface area contributed by atoms with Gasteiger partial charge in [0.2, 0.25) is 5.91 Å². The van der Waals surface area contributed by atoms with E-state index in [1.54, 1.807) is 0 Å². The largest absolute Gasteiger partial charge is 0.342 e. The van der Waals surface area contributed by atoms with E-state index >= 15 is 0 Å². The van der Waals surface area contributed by atoms with Crippen molar-refractivity contribution < 1.29 is 4.79 Å². The van der Waals surface area contributed by atoms with Gasteiger partial charge in [-0.05, 0) is 32.6 Å². The molecule has 0 aromatic heterocycles. The van der Waals surface area contributed by atoms with Gasteiger partial charge in [-0.15, -0.1) is 0 Å². The Morgan fingerprint density at radius 2 is 2.00 bits per heavy atom. The van der Waals surface area contributed by atoms with Gasteiger partial charge in [0.05, 0.1) is 6.54 Å². The predicted molar refractivity (Wildman–Crippen MR) is 62.7 cm³/mol. The number of likely N-dealkylation sites (N-methyl/N-ethyl adjacent to an activating group) is 1. The van der Waals surface area contributed by atoms with Crippen molar-refractivity contribution >= 4 is 5.91 Å². The zero-order chi connectivity index (χ0) is 11.3. The average molecular weight is 212 g/mol. The van der Waals surface area contributed by atoms with E-state index in [9.17, 15) is 4.79 Å². The highest BCUT2D eigenvalue weighted by Gasteiger charge is 2.35. The minimum atomic E-state index is 0.238. The van der Waals surface area contributed by atoms with E-state index in [0.29, 0.717) is 12.6 Å². The normalized spacial score (nSPS) is 23.9. The maximum absolute atomic E-state index is 11.7. The van der Waals surface area contributed by atoms with Gasteiger partial charge in [0.25, 0.3) is 0 Å². The molecule has 1 N–H and O–H groups in total. The summed E-state index contributed by atoms with van der Waals surface area (Å²) in [6.07, 6.45) is 3.82. The van der Waals surface area contributed by atoms with Gasteiger partial charge in [-0.3, -0.25) is 4.79 Å². The number of rotatable bonds is 7. The van der Waals surface area contributed by atoms with Crippen LogP contribution in [0.15, 0.2) is 0 Å². The quantitative estimate of drug-likeness (QED) is 0.695. The van der Waals surface area contributed by atoms with Gasteiger partial charge in [-0.1, -0.05) is 13.3 Å². The van der Waals surface area contributed by atoms with Crippen LogP contribution in [0.25, 0.3) is 0 Å². The molecule has 3 heteroatoms. The Morgan fingerprint density at radius 1 is 1.33 bits per heavy atom. The molecule has 88 valence electrons. The van der Waals surface area contributed by atoms with E-state index in [0.717, 1.165) is 19.0 Å². The van der Waals surface area contributed by atoms with Crippen molar-refractivity contribution in [2.75, 3.05) is 19.6 Å². The van der Waals surface area contributed by atoms with Crippen molar-refractivity contribution in [2.24, 2.45) is 5.92 Å². The lowest BCUT2D eigenvalue weighted by atomic mass is 10.2. The second kappa shape index (κ2) is 6.11. The van der Waals surface area contributed by atoms with Crippen LogP contribution < -0.4 is 5.32 Å². The molecule has 0 heterocycles. The van der Waals surface area contributed by atoms with E-state index in [-0.39, 0.29) is 5.91 Å². The highest BCUT2D eigenvalue weighted by atomic mass is 16.2. The van der Waals surface area contributed by atoms with Gasteiger partial charge in [0, 0.05) is 19.1 Å². The van der Waals surface area contributed by atoms with E-state index in [4.69, 9.17) is 0 Å². The first-order valence-corrected chi connectivity index (χ1v) is 6.24. The van der Waals surface area contributed by atoms with Gasteiger partial charge < -0.3 is 10.2 Å². The Bertz CT molecular complexity index is 202. The molecule has 0 aromatic carbocycles. The molecule has 0 radical (unpaired) electrons. The van der Waals surface area contributed by atoms with Crippen LogP contribution in [0.1, 0.15) is 40.0 Å². The predicted octanol–water partition coefficient (Wildman–Crippen LogP) is 1.63. The van der Waals surface area contributed by atoms with Crippen LogP contribution in [0.4, 0.5) is 0 Å². The van der Waals surface area contributed by atoms with Crippen LogP contribution in [0.5, 0.6) is 0 Å². The average Bonchev–Trinajstić information content (AvgIpc) is 2.96. The summed E-state index contributed by atoms with van der Waals surface area (Å²) in [6.45, 7) is 8.43. The maximum Gasteiger partial charge on any atom is 0.236 e. The fraction of sp³-hybridized carbons (Fsp3) is 0.917. The van der Waals surface area contributed by atoms with Gasteiger partial charge >= 0.3 is 0 Å². The van der Waals surface area contributed by atoms with Crippen molar-refractivity contribution in [3.63, 3.8) is 0 Å². The molecule has 0 spiro atoms. The summed E-state index contributed by atoms with van der Waals surface area (Å²) in [7, 11) is 0. The lowest BCUT2D eigenvalue weighted by Gasteiger charge is -2.18. The number of hydrogen-bond acceptors (Lipinski definition) is 2. The smallest absolute Gasteiger partial charge is 0.236 e. The lowest BCUT2D eigenvalue weighted by molar-refractivity contribution is -0.129. The summed E-state index contributed by atoms with van der Waals surface area (Å²) in [6, 6.07) is 0.615. The van der Waals surface area contributed by atoms with Crippen LogP contribution in [-0.2, 0) is 4.79 Å². The number of nitrogens with one attached hydrogen (secondary N) is 1. The van der Waals surface area contributed by atoms with Crippen LogP contribution in [0, 0.1) is 5.92 Å². The Kier molecular flexibility index (Phi) is 5.09. The Balaban J connectivity index is 2.13. The zero-order valence-electron chi connectivity index (χ0n) is 10.3. The second-order valence-corrected chi connectivity index (χ2v) is 4.34. The summed E-state index contributed by atoms with van der Waals surface area (Å²) >= 11 is 0. The van der Waals surface area contributed by atoms with Crippen molar-refractivity contribution in [3.8, 4) is 0 Å². The molecule has 1 amide bonds. The van der Waals surface area contributed by atoms with E-state index in [1.165, 1.54) is 19.3 Å². The van der Waals surface area contributed by atoms with Crippen molar-refractivity contribution in [3.05, 3.63) is 0 Å². The molecular formula is C12H24N2O. The zero-order valence-corrected chi connectivity index (χ0v) is 10.3. The van der Waals surface area contributed by atoms with Gasteiger partial charge in [0.1, 0.15) is 0 Å². The molecule has 2 unspecified atom stereocenters. The SMILES string of the molecule is CCCC1CC1NCC(=O)N(CC)CC. The number of nitrogens with zero attached hydrogens (tertiary/aromatic N) is 1. The Morgan fingerprint density at radius 3 is 2.53 bits per heavy atom. The molecule has 1 aliphatic carbocycles. The molecule has 0 saturated heterocycles. The first kappa shape index (κ1) is 12.5. The molecular weight excluding hydrogens is 188 g/mol. The lowest BCUT2D eigenvalue weighted by Crippen LogP contribution is -2.38.